The Bertz CT molecular complexity index is 1420. The van der Waals surface area contributed by atoms with Gasteiger partial charge in [0.15, 0.2) is 0 Å². The van der Waals surface area contributed by atoms with Crippen LogP contribution >= 0.6 is 0 Å². The van der Waals surface area contributed by atoms with E-state index in [-0.39, 0.29) is 33.1 Å². The van der Waals surface area contributed by atoms with Crippen molar-refractivity contribution in [1.29, 1.82) is 0 Å². The molecule has 0 spiro atoms. The highest BCUT2D eigenvalue weighted by Crippen LogP contribution is 2.43. The first kappa shape index (κ1) is 55.7. The molecule has 2 unspecified atom stereocenters. The minimum Gasteiger partial charge on any atom is -0.462 e. The predicted molar refractivity (Wildman–Crippen MR) is 235 cm³/mol. The first-order chi connectivity index (χ1) is 26.9. The molecule has 16 heteroatoms. The summed E-state index contributed by atoms with van der Waals surface area (Å²) in [6.45, 7) is 31.7. The molecule has 4 rings (SSSR count). The molecule has 0 bridgehead atoms. The zero-order valence-electron chi connectivity index (χ0n) is 41.5. The Morgan fingerprint density at radius 3 is 0.839 bits per heavy atom. The van der Waals surface area contributed by atoms with Gasteiger partial charge in [-0.05, 0) is 125 Å². The lowest BCUT2D eigenvalue weighted by Crippen LogP contribution is -2.61. The molecule has 4 saturated heterocycles. The van der Waals surface area contributed by atoms with Gasteiger partial charge in [0.25, 0.3) is 0 Å². The van der Waals surface area contributed by atoms with E-state index in [4.69, 9.17) is 18.9 Å². The van der Waals surface area contributed by atoms with Crippen LogP contribution in [0, 0.1) is 11.8 Å². The Labute approximate surface area is 372 Å². The fraction of sp³-hybridized carbons (Fsp3) is 0.913. The maximum Gasteiger partial charge on any atom is 0.310 e. The molecule has 0 aromatic carbocycles. The van der Waals surface area contributed by atoms with E-state index in [0.717, 1.165) is 0 Å². The van der Waals surface area contributed by atoms with Crippen molar-refractivity contribution in [3.8, 4) is 0 Å². The van der Waals surface area contributed by atoms with Crippen molar-refractivity contribution >= 4 is 23.9 Å². The first-order valence-electron chi connectivity index (χ1n) is 22.2. The van der Waals surface area contributed by atoms with Crippen molar-refractivity contribution in [2.45, 2.75) is 244 Å². The largest absolute Gasteiger partial charge is 0.462 e. The van der Waals surface area contributed by atoms with Crippen LogP contribution in [0.3, 0.4) is 0 Å². The van der Waals surface area contributed by atoms with E-state index in [1.165, 1.54) is 10.1 Å². The summed E-state index contributed by atoms with van der Waals surface area (Å²) in [5.74, 6) is -5.86. The van der Waals surface area contributed by atoms with Gasteiger partial charge < -0.3 is 40.3 Å². The number of hydrogen-bond donors (Lipinski definition) is 2. The number of hydrogen-bond acceptors (Lipinski definition) is 14. The average Bonchev–Trinajstić information content (AvgIpc) is 3.04. The normalized spacial score (nSPS) is 27.4. The summed E-state index contributed by atoms with van der Waals surface area (Å²) in [5, 5.41) is 24.5. The number of piperidine rings is 4. The van der Waals surface area contributed by atoms with Crippen LogP contribution in [-0.2, 0) is 38.1 Å². The summed E-state index contributed by atoms with van der Waals surface area (Å²) < 4.78 is 24.8. The number of hydroxylamine groups is 4. The van der Waals surface area contributed by atoms with Gasteiger partial charge in [0.05, 0.1) is 24.7 Å². The summed E-state index contributed by atoms with van der Waals surface area (Å²) in [4.78, 5) is 62.4. The number of rotatable bonds is 11. The van der Waals surface area contributed by atoms with Crippen LogP contribution in [0.15, 0.2) is 0 Å². The van der Waals surface area contributed by atoms with Gasteiger partial charge in [-0.15, -0.1) is 0 Å². The Morgan fingerprint density at radius 1 is 0.419 bits per heavy atom. The van der Waals surface area contributed by atoms with Crippen LogP contribution in [0.4, 0.5) is 0 Å². The fourth-order valence-electron chi connectivity index (χ4n) is 11.4. The van der Waals surface area contributed by atoms with Crippen molar-refractivity contribution in [1.82, 2.24) is 19.9 Å². The first-order valence-corrected chi connectivity index (χ1v) is 22.2. The average molecular weight is 887 g/mol. The third-order valence-corrected chi connectivity index (χ3v) is 14.8. The number of nitrogens with zero attached hydrogens (tertiary/aromatic N) is 4. The number of carbonyl (C=O) groups is 4. The maximum absolute atomic E-state index is 14.8. The van der Waals surface area contributed by atoms with Gasteiger partial charge in [0, 0.05) is 95.7 Å². The van der Waals surface area contributed by atoms with Crippen LogP contribution in [-0.4, -0.2) is 148 Å². The summed E-state index contributed by atoms with van der Waals surface area (Å²) in [6, 6.07) is 0. The Balaban J connectivity index is 0.00000661. The topological polar surface area (TPSA) is 222 Å². The van der Waals surface area contributed by atoms with Crippen molar-refractivity contribution in [3.63, 3.8) is 0 Å². The Hall–Kier alpha value is -2.44. The number of esters is 4. The molecule has 0 aromatic rings. The summed E-state index contributed by atoms with van der Waals surface area (Å²) in [5.41, 5.74) is -4.16. The number of carbonyl (C=O) groups excluding carboxylic acids is 4. The van der Waals surface area contributed by atoms with Gasteiger partial charge in [0.2, 0.25) is 0 Å². The summed E-state index contributed by atoms with van der Waals surface area (Å²) in [7, 11) is 4.11. The minimum atomic E-state index is -1.44. The quantitative estimate of drug-likeness (QED) is 0.189. The summed E-state index contributed by atoms with van der Waals surface area (Å²) >= 11 is 0. The zero-order valence-corrected chi connectivity index (χ0v) is 41.5. The van der Waals surface area contributed by atoms with E-state index in [1.807, 2.05) is 55.4 Å². The molecule has 4 aliphatic rings. The molecule has 4 aliphatic heterocycles. The van der Waals surface area contributed by atoms with Crippen LogP contribution in [0.2, 0.25) is 0 Å². The van der Waals surface area contributed by atoms with Crippen LogP contribution < -0.4 is 0 Å². The van der Waals surface area contributed by atoms with Gasteiger partial charge in [-0.2, -0.15) is 10.1 Å². The standard InChI is InChI=1S/C46H82N4O10.2H2O/c1-39(2)21-29(22-40(3,4)47(39)17)57-35(51)19-34(38(54)60-32-27-45(13,14)50(56)46(15,16)28-32)33(37(53)59-31-23-41(5,6)48(18)42(7,8)24-31)20-36(52)58-30-25-43(9,10)49(55)44(11,12)26-30;;/h29-34,55-56H,19-28H2,1-18H3;2*1H2. The predicted octanol–water partition coefficient (Wildman–Crippen LogP) is 5.65. The molecule has 62 heavy (non-hydrogen) atoms. The van der Waals surface area contributed by atoms with E-state index in [2.05, 4.69) is 79.3 Å². The second kappa shape index (κ2) is 18.8. The lowest BCUT2D eigenvalue weighted by Gasteiger charge is -2.53. The van der Waals surface area contributed by atoms with Gasteiger partial charge >= 0.3 is 23.9 Å². The van der Waals surface area contributed by atoms with Gasteiger partial charge in [0.1, 0.15) is 24.4 Å². The monoisotopic (exact) mass is 887 g/mol. The molecule has 6 N–H and O–H groups in total. The third-order valence-electron chi connectivity index (χ3n) is 14.8. The molecule has 16 nitrogen and oxygen atoms in total. The molecule has 4 heterocycles. The van der Waals surface area contributed by atoms with E-state index in [1.54, 1.807) is 0 Å². The van der Waals surface area contributed by atoms with Crippen molar-refractivity contribution < 1.29 is 59.5 Å². The van der Waals surface area contributed by atoms with E-state index < -0.39 is 95.1 Å². The highest BCUT2D eigenvalue weighted by Gasteiger charge is 2.52. The smallest absolute Gasteiger partial charge is 0.310 e. The lowest BCUT2D eigenvalue weighted by molar-refractivity contribution is -0.260. The molecular formula is C46H86N4O12. The molecule has 4 fully saturated rings. The molecule has 0 radical (unpaired) electrons. The van der Waals surface area contributed by atoms with E-state index in [0.29, 0.717) is 51.4 Å². The number of likely N-dealkylation sites (tertiary alicyclic amines) is 2. The van der Waals surface area contributed by atoms with Gasteiger partial charge in [-0.25, -0.2) is 0 Å². The molecule has 0 aromatic heterocycles. The Kier molecular flexibility index (Phi) is 16.9. The SMILES string of the molecule is CN1C(C)(C)CC(OC(=O)CC(C(=O)OC2CC(C)(C)N(O)C(C)(C)C2)C(CC(=O)OC2CC(C)(C)N(O)C(C)(C)C2)C(=O)OC2CC(C)(C)N(C)C(C)(C)C2)CC1(C)C.O.O. The van der Waals surface area contributed by atoms with Crippen LogP contribution in [0.5, 0.6) is 0 Å². The van der Waals surface area contributed by atoms with Crippen LogP contribution in [0.25, 0.3) is 0 Å². The van der Waals surface area contributed by atoms with Gasteiger partial charge in [-0.3, -0.25) is 29.0 Å². The van der Waals surface area contributed by atoms with Gasteiger partial charge in [-0.1, -0.05) is 0 Å². The second-order valence-corrected chi connectivity index (χ2v) is 23.8. The molecular weight excluding hydrogens is 801 g/mol. The van der Waals surface area contributed by atoms with E-state index >= 15 is 0 Å². The maximum atomic E-state index is 14.8. The third kappa shape index (κ3) is 12.5. The minimum absolute atomic E-state index is 0. The second-order valence-electron chi connectivity index (χ2n) is 23.8. The molecule has 0 saturated carbocycles. The van der Waals surface area contributed by atoms with Crippen molar-refractivity contribution in [2.75, 3.05) is 14.1 Å². The van der Waals surface area contributed by atoms with Crippen molar-refractivity contribution in [3.05, 3.63) is 0 Å². The lowest BCUT2D eigenvalue weighted by atomic mass is 9.78. The zero-order chi connectivity index (χ0) is 46.0. The molecule has 0 aliphatic carbocycles. The summed E-state index contributed by atoms with van der Waals surface area (Å²) in [6.07, 6.45) is 0.146. The fourth-order valence-corrected chi connectivity index (χ4v) is 11.4. The highest BCUT2D eigenvalue weighted by atomic mass is 16.6. The van der Waals surface area contributed by atoms with Crippen LogP contribution in [0.1, 0.15) is 175 Å². The molecule has 2 atom stereocenters. The highest BCUT2D eigenvalue weighted by molar-refractivity contribution is 5.88. The van der Waals surface area contributed by atoms with E-state index in [9.17, 15) is 29.6 Å². The number of ether oxygens (including phenoxy) is 4. The Morgan fingerprint density at radius 2 is 0.613 bits per heavy atom. The molecule has 362 valence electrons. The van der Waals surface area contributed by atoms with Crippen molar-refractivity contribution in [2.24, 2.45) is 11.8 Å². The molecule has 0 amide bonds.